The zero-order chi connectivity index (χ0) is 21.7. The number of sulfonamides is 1. The van der Waals surface area contributed by atoms with Crippen LogP contribution in [0.15, 0.2) is 43.1 Å². The van der Waals surface area contributed by atoms with E-state index >= 15 is 0 Å². The molecule has 3 heterocycles. The van der Waals surface area contributed by atoms with E-state index in [4.69, 9.17) is 4.74 Å². The van der Waals surface area contributed by atoms with Crippen molar-refractivity contribution in [2.24, 2.45) is 5.92 Å². The van der Waals surface area contributed by atoms with E-state index in [0.29, 0.717) is 12.5 Å². The third-order valence-electron chi connectivity index (χ3n) is 6.34. The Morgan fingerprint density at radius 3 is 2.58 bits per heavy atom. The van der Waals surface area contributed by atoms with Crippen LogP contribution in [0.3, 0.4) is 0 Å². The van der Waals surface area contributed by atoms with Gasteiger partial charge in [0.2, 0.25) is 10.0 Å². The Morgan fingerprint density at radius 2 is 1.90 bits per heavy atom. The van der Waals surface area contributed by atoms with Crippen molar-refractivity contribution in [3.8, 4) is 0 Å². The van der Waals surface area contributed by atoms with Crippen LogP contribution in [0, 0.1) is 5.92 Å². The third-order valence-corrected chi connectivity index (χ3v) is 7.08. The molecule has 1 N–H and O–H groups in total. The SMILES string of the molecule is CS(=O)(=O)NC1CCN(c2ccccn2)C[C@H]1COC1CCC(c2cncnc2)CC1. The second-order valence-corrected chi connectivity index (χ2v) is 10.4. The highest BCUT2D eigenvalue weighted by Gasteiger charge is 2.33. The van der Waals surface area contributed by atoms with Gasteiger partial charge in [-0.2, -0.15) is 0 Å². The minimum Gasteiger partial charge on any atom is -0.378 e. The fourth-order valence-electron chi connectivity index (χ4n) is 4.72. The third kappa shape index (κ3) is 6.21. The van der Waals surface area contributed by atoms with Gasteiger partial charge in [-0.3, -0.25) is 0 Å². The molecule has 2 aromatic rings. The van der Waals surface area contributed by atoms with Gasteiger partial charge in [0, 0.05) is 43.6 Å². The molecule has 0 aromatic carbocycles. The predicted octanol–water partition coefficient (Wildman–Crippen LogP) is 2.36. The number of nitrogens with zero attached hydrogens (tertiary/aromatic N) is 4. The molecule has 8 nitrogen and oxygen atoms in total. The van der Waals surface area contributed by atoms with Crippen LogP contribution in [0.5, 0.6) is 0 Å². The number of ether oxygens (including phenoxy) is 1. The number of hydrogen-bond acceptors (Lipinski definition) is 7. The first-order valence-corrected chi connectivity index (χ1v) is 12.9. The smallest absolute Gasteiger partial charge is 0.208 e. The molecule has 0 amide bonds. The minimum atomic E-state index is -3.27. The van der Waals surface area contributed by atoms with Gasteiger partial charge >= 0.3 is 0 Å². The number of nitrogens with one attached hydrogen (secondary N) is 1. The van der Waals surface area contributed by atoms with Crippen molar-refractivity contribution in [3.05, 3.63) is 48.7 Å². The van der Waals surface area contributed by atoms with Crippen LogP contribution in [0.1, 0.15) is 43.6 Å². The Balaban J connectivity index is 1.34. The van der Waals surface area contributed by atoms with Gasteiger partial charge in [-0.25, -0.2) is 28.1 Å². The molecule has 2 aliphatic rings. The number of aromatic nitrogens is 3. The van der Waals surface area contributed by atoms with Gasteiger partial charge in [0.25, 0.3) is 0 Å². The van der Waals surface area contributed by atoms with Crippen molar-refractivity contribution in [1.29, 1.82) is 0 Å². The van der Waals surface area contributed by atoms with E-state index in [1.807, 2.05) is 30.6 Å². The van der Waals surface area contributed by atoms with Crippen LogP contribution >= 0.6 is 0 Å². The highest BCUT2D eigenvalue weighted by molar-refractivity contribution is 7.88. The Kier molecular flexibility index (Phi) is 7.14. The van der Waals surface area contributed by atoms with E-state index < -0.39 is 10.0 Å². The van der Waals surface area contributed by atoms with Crippen LogP contribution in [0.25, 0.3) is 0 Å². The number of rotatable bonds is 7. The molecule has 1 saturated carbocycles. The summed E-state index contributed by atoms with van der Waals surface area (Å²) in [5, 5.41) is 0. The zero-order valence-corrected chi connectivity index (χ0v) is 18.7. The summed E-state index contributed by atoms with van der Waals surface area (Å²) in [6, 6.07) is 5.76. The first kappa shape index (κ1) is 22.1. The van der Waals surface area contributed by atoms with Crippen LogP contribution in [0.2, 0.25) is 0 Å². The molecule has 0 bridgehead atoms. The minimum absolute atomic E-state index is 0.0747. The van der Waals surface area contributed by atoms with Gasteiger partial charge in [-0.05, 0) is 55.7 Å². The molecule has 1 saturated heterocycles. The summed E-state index contributed by atoms with van der Waals surface area (Å²) in [4.78, 5) is 15.0. The van der Waals surface area contributed by atoms with E-state index in [0.717, 1.165) is 51.0 Å². The Bertz CT molecular complexity index is 921. The van der Waals surface area contributed by atoms with Crippen molar-refractivity contribution < 1.29 is 13.2 Å². The molecular weight excluding hydrogens is 414 g/mol. The summed E-state index contributed by atoms with van der Waals surface area (Å²) >= 11 is 0. The fourth-order valence-corrected chi connectivity index (χ4v) is 5.58. The maximum absolute atomic E-state index is 11.9. The fraction of sp³-hybridized carbons (Fsp3) is 0.591. The van der Waals surface area contributed by atoms with Gasteiger partial charge in [-0.15, -0.1) is 0 Å². The molecule has 4 rings (SSSR count). The summed E-state index contributed by atoms with van der Waals surface area (Å²) in [6.07, 6.45) is 13.5. The van der Waals surface area contributed by atoms with Gasteiger partial charge < -0.3 is 9.64 Å². The molecule has 1 aliphatic carbocycles. The highest BCUT2D eigenvalue weighted by atomic mass is 32.2. The monoisotopic (exact) mass is 445 g/mol. The lowest BCUT2D eigenvalue weighted by molar-refractivity contribution is -0.00216. The van der Waals surface area contributed by atoms with Gasteiger partial charge in [0.1, 0.15) is 12.1 Å². The van der Waals surface area contributed by atoms with Crippen molar-refractivity contribution in [2.75, 3.05) is 30.9 Å². The largest absolute Gasteiger partial charge is 0.378 e. The summed E-state index contributed by atoms with van der Waals surface area (Å²) in [5.41, 5.74) is 1.21. The van der Waals surface area contributed by atoms with Gasteiger partial charge in [0.15, 0.2) is 0 Å². The number of anilines is 1. The van der Waals surface area contributed by atoms with E-state index in [1.165, 1.54) is 11.8 Å². The summed E-state index contributed by atoms with van der Waals surface area (Å²) in [6.45, 7) is 2.03. The molecule has 0 radical (unpaired) electrons. The molecule has 168 valence electrons. The number of piperidine rings is 1. The summed E-state index contributed by atoms with van der Waals surface area (Å²) < 4.78 is 32.9. The van der Waals surface area contributed by atoms with Gasteiger partial charge in [-0.1, -0.05) is 6.07 Å². The van der Waals surface area contributed by atoms with E-state index in [2.05, 4.69) is 24.6 Å². The lowest BCUT2D eigenvalue weighted by atomic mass is 9.83. The molecule has 31 heavy (non-hydrogen) atoms. The molecule has 2 aromatic heterocycles. The summed E-state index contributed by atoms with van der Waals surface area (Å²) in [5.74, 6) is 1.50. The van der Waals surface area contributed by atoms with E-state index in [9.17, 15) is 8.42 Å². The van der Waals surface area contributed by atoms with Crippen LogP contribution < -0.4 is 9.62 Å². The number of hydrogen-bond donors (Lipinski definition) is 1. The highest BCUT2D eigenvalue weighted by Crippen LogP contribution is 2.34. The van der Waals surface area contributed by atoms with Crippen molar-refractivity contribution in [1.82, 2.24) is 19.7 Å². The molecule has 1 aliphatic heterocycles. The first-order valence-electron chi connectivity index (χ1n) is 11.0. The second-order valence-electron chi connectivity index (χ2n) is 8.66. The Hall–Kier alpha value is -2.10. The average Bonchev–Trinajstić information content (AvgIpc) is 2.79. The van der Waals surface area contributed by atoms with Crippen LogP contribution in [-0.4, -0.2) is 61.5 Å². The van der Waals surface area contributed by atoms with Crippen molar-refractivity contribution in [2.45, 2.75) is 50.2 Å². The lowest BCUT2D eigenvalue weighted by Crippen LogP contribution is -2.52. The molecule has 2 atom stereocenters. The maximum Gasteiger partial charge on any atom is 0.208 e. The van der Waals surface area contributed by atoms with Crippen molar-refractivity contribution in [3.63, 3.8) is 0 Å². The maximum atomic E-state index is 11.9. The molecule has 0 spiro atoms. The molecular formula is C22H31N5O3S. The standard InChI is InChI=1S/C22H31N5O3S/c1-31(28,29)26-21-9-11-27(22-4-2-3-10-25-22)14-19(21)15-30-20-7-5-17(6-8-20)18-12-23-16-24-13-18/h2-4,10,12-13,16-17,19-21,26H,5-9,11,14-15H2,1H3/t17?,19-,20?,21?/m0/s1. The van der Waals surface area contributed by atoms with Crippen molar-refractivity contribution >= 4 is 15.8 Å². The molecule has 9 heteroatoms. The topological polar surface area (TPSA) is 97.3 Å². The Labute approximate surface area is 184 Å². The molecule has 2 fully saturated rings. The normalized spacial score (nSPS) is 27.2. The van der Waals surface area contributed by atoms with E-state index in [-0.39, 0.29) is 18.1 Å². The first-order chi connectivity index (χ1) is 15.0. The zero-order valence-electron chi connectivity index (χ0n) is 17.9. The second kappa shape index (κ2) is 10.0. The lowest BCUT2D eigenvalue weighted by Gasteiger charge is -2.40. The average molecular weight is 446 g/mol. The predicted molar refractivity (Wildman–Crippen MR) is 119 cm³/mol. The summed E-state index contributed by atoms with van der Waals surface area (Å²) in [7, 11) is -3.27. The molecule has 1 unspecified atom stereocenters. The van der Waals surface area contributed by atoms with Crippen LogP contribution in [-0.2, 0) is 14.8 Å². The Morgan fingerprint density at radius 1 is 1.13 bits per heavy atom. The number of pyridine rings is 1. The van der Waals surface area contributed by atoms with Gasteiger partial charge in [0.05, 0.1) is 19.0 Å². The quantitative estimate of drug-likeness (QED) is 0.699. The van der Waals surface area contributed by atoms with Crippen LogP contribution in [0.4, 0.5) is 5.82 Å². The van der Waals surface area contributed by atoms with E-state index in [1.54, 1.807) is 12.5 Å².